The van der Waals surface area contributed by atoms with E-state index in [4.69, 9.17) is 9.73 Å². The number of morpholine rings is 1. The summed E-state index contributed by atoms with van der Waals surface area (Å²) in [6.45, 7) is 15.8. The minimum absolute atomic E-state index is 0. The molecule has 0 radical (unpaired) electrons. The van der Waals surface area contributed by atoms with E-state index >= 15 is 0 Å². The monoisotopic (exact) mass is 424 g/mol. The highest BCUT2D eigenvalue weighted by Gasteiger charge is 2.33. The van der Waals surface area contributed by atoms with Gasteiger partial charge in [0.15, 0.2) is 5.96 Å². The molecule has 0 bridgehead atoms. The van der Waals surface area contributed by atoms with Crippen LogP contribution in [0.4, 0.5) is 0 Å². The van der Waals surface area contributed by atoms with Gasteiger partial charge in [-0.05, 0) is 25.2 Å². The molecule has 5 nitrogen and oxygen atoms in total. The van der Waals surface area contributed by atoms with Gasteiger partial charge >= 0.3 is 0 Å². The molecule has 6 heteroatoms. The first kappa shape index (κ1) is 20.0. The molecular weight excluding hydrogens is 391 g/mol. The number of ether oxygens (including phenoxy) is 1. The fourth-order valence-corrected chi connectivity index (χ4v) is 3.04. The van der Waals surface area contributed by atoms with Crippen molar-refractivity contribution in [1.29, 1.82) is 0 Å². The SMILES string of the molecule is CCNC(=NCCN1CCOCC1)N1CCC(C)(CC)C1.I. The molecule has 1 N–H and O–H groups in total. The summed E-state index contributed by atoms with van der Waals surface area (Å²) >= 11 is 0. The van der Waals surface area contributed by atoms with Gasteiger partial charge in [-0.1, -0.05) is 13.8 Å². The maximum atomic E-state index is 5.38. The fourth-order valence-electron chi connectivity index (χ4n) is 3.04. The molecule has 0 saturated carbocycles. The lowest BCUT2D eigenvalue weighted by molar-refractivity contribution is 0.0394. The van der Waals surface area contributed by atoms with Crippen molar-refractivity contribution in [3.8, 4) is 0 Å². The molecule has 22 heavy (non-hydrogen) atoms. The molecule has 0 amide bonds. The standard InChI is InChI=1S/C16H32N4O.HI/c1-4-16(3)6-8-20(14-16)15(17-5-2)18-7-9-19-10-12-21-13-11-19;/h4-14H2,1-3H3,(H,17,18);1H. The van der Waals surface area contributed by atoms with Crippen LogP contribution in [0.3, 0.4) is 0 Å². The van der Waals surface area contributed by atoms with Crippen molar-refractivity contribution in [3.05, 3.63) is 0 Å². The van der Waals surface area contributed by atoms with Crippen LogP contribution >= 0.6 is 24.0 Å². The highest BCUT2D eigenvalue weighted by molar-refractivity contribution is 14.0. The van der Waals surface area contributed by atoms with Crippen LogP contribution in [0.25, 0.3) is 0 Å². The highest BCUT2D eigenvalue weighted by Crippen LogP contribution is 2.32. The van der Waals surface area contributed by atoms with Crippen LogP contribution in [0.1, 0.15) is 33.6 Å². The van der Waals surface area contributed by atoms with Gasteiger partial charge in [0.1, 0.15) is 0 Å². The van der Waals surface area contributed by atoms with E-state index in [0.29, 0.717) is 5.41 Å². The van der Waals surface area contributed by atoms with Crippen molar-refractivity contribution in [2.75, 3.05) is 59.0 Å². The third-order valence-electron chi connectivity index (χ3n) is 4.83. The topological polar surface area (TPSA) is 40.1 Å². The van der Waals surface area contributed by atoms with Gasteiger partial charge in [-0.15, -0.1) is 24.0 Å². The number of guanidine groups is 1. The first-order valence-electron chi connectivity index (χ1n) is 8.50. The minimum Gasteiger partial charge on any atom is -0.379 e. The second-order valence-electron chi connectivity index (χ2n) is 6.53. The van der Waals surface area contributed by atoms with E-state index in [-0.39, 0.29) is 24.0 Å². The van der Waals surface area contributed by atoms with Gasteiger partial charge in [-0.3, -0.25) is 9.89 Å². The lowest BCUT2D eigenvalue weighted by Crippen LogP contribution is -2.42. The van der Waals surface area contributed by atoms with Crippen LogP contribution in [0, 0.1) is 5.41 Å². The number of hydrogen-bond acceptors (Lipinski definition) is 3. The Kier molecular flexibility index (Phi) is 9.01. The molecule has 0 spiro atoms. The normalized spacial score (nSPS) is 26.9. The molecule has 1 atom stereocenters. The van der Waals surface area contributed by atoms with Crippen LogP contribution in [-0.4, -0.2) is 74.8 Å². The summed E-state index contributed by atoms with van der Waals surface area (Å²) in [4.78, 5) is 9.72. The van der Waals surface area contributed by atoms with Crippen LogP contribution in [0.2, 0.25) is 0 Å². The maximum absolute atomic E-state index is 5.38. The molecule has 1 unspecified atom stereocenters. The van der Waals surface area contributed by atoms with Crippen LogP contribution < -0.4 is 5.32 Å². The van der Waals surface area contributed by atoms with E-state index in [1.807, 2.05) is 0 Å². The zero-order chi connectivity index (χ0) is 15.1. The number of rotatable bonds is 5. The first-order valence-corrected chi connectivity index (χ1v) is 8.50. The third kappa shape index (κ3) is 5.85. The molecule has 2 saturated heterocycles. The molecule has 2 fully saturated rings. The largest absolute Gasteiger partial charge is 0.379 e. The quantitative estimate of drug-likeness (QED) is 0.417. The number of hydrogen-bond donors (Lipinski definition) is 1. The molecule has 130 valence electrons. The Bertz CT molecular complexity index is 347. The van der Waals surface area contributed by atoms with E-state index in [2.05, 4.69) is 35.9 Å². The zero-order valence-corrected chi connectivity index (χ0v) is 16.8. The minimum atomic E-state index is 0. The van der Waals surface area contributed by atoms with E-state index in [0.717, 1.165) is 65.0 Å². The van der Waals surface area contributed by atoms with Crippen molar-refractivity contribution in [2.24, 2.45) is 10.4 Å². The van der Waals surface area contributed by atoms with Crippen molar-refractivity contribution < 1.29 is 4.74 Å². The fraction of sp³-hybridized carbons (Fsp3) is 0.938. The molecule has 2 heterocycles. The number of likely N-dealkylation sites (tertiary alicyclic amines) is 1. The summed E-state index contributed by atoms with van der Waals surface area (Å²) in [5.41, 5.74) is 0.459. The van der Waals surface area contributed by atoms with Gasteiger partial charge in [-0.25, -0.2) is 0 Å². The summed E-state index contributed by atoms with van der Waals surface area (Å²) in [7, 11) is 0. The Labute approximate surface area is 152 Å². The van der Waals surface area contributed by atoms with E-state index in [9.17, 15) is 0 Å². The molecule has 0 aromatic heterocycles. The van der Waals surface area contributed by atoms with Gasteiger partial charge in [0.2, 0.25) is 0 Å². The van der Waals surface area contributed by atoms with E-state index < -0.39 is 0 Å². The van der Waals surface area contributed by atoms with Gasteiger partial charge in [0.05, 0.1) is 19.8 Å². The third-order valence-corrected chi connectivity index (χ3v) is 4.83. The summed E-state index contributed by atoms with van der Waals surface area (Å²) in [5.74, 6) is 1.10. The number of nitrogens with zero attached hydrogens (tertiary/aromatic N) is 3. The Morgan fingerprint density at radius 3 is 2.55 bits per heavy atom. The predicted octanol–water partition coefficient (Wildman–Crippen LogP) is 2.02. The van der Waals surface area contributed by atoms with Gasteiger partial charge < -0.3 is 15.0 Å². The van der Waals surface area contributed by atoms with Gasteiger partial charge in [0.25, 0.3) is 0 Å². The molecule has 0 aromatic carbocycles. The maximum Gasteiger partial charge on any atom is 0.193 e. The van der Waals surface area contributed by atoms with Crippen LogP contribution in [-0.2, 0) is 4.74 Å². The Morgan fingerprint density at radius 2 is 1.95 bits per heavy atom. The van der Waals surface area contributed by atoms with Crippen molar-refractivity contribution in [1.82, 2.24) is 15.1 Å². The average Bonchev–Trinajstić information content (AvgIpc) is 2.91. The lowest BCUT2D eigenvalue weighted by Gasteiger charge is -2.27. The van der Waals surface area contributed by atoms with Crippen molar-refractivity contribution >= 4 is 29.9 Å². The van der Waals surface area contributed by atoms with Crippen LogP contribution in [0.5, 0.6) is 0 Å². The molecule has 2 rings (SSSR count). The zero-order valence-electron chi connectivity index (χ0n) is 14.4. The second kappa shape index (κ2) is 9.93. The molecule has 0 aliphatic carbocycles. The van der Waals surface area contributed by atoms with Gasteiger partial charge in [-0.2, -0.15) is 0 Å². The molecule has 2 aliphatic heterocycles. The summed E-state index contributed by atoms with van der Waals surface area (Å²) in [5, 5.41) is 3.46. The molecule has 2 aliphatic rings. The smallest absolute Gasteiger partial charge is 0.193 e. The number of nitrogens with one attached hydrogen (secondary N) is 1. The first-order chi connectivity index (χ1) is 10.2. The summed E-state index contributed by atoms with van der Waals surface area (Å²) in [6, 6.07) is 0. The van der Waals surface area contributed by atoms with E-state index in [1.165, 1.54) is 12.8 Å². The number of aliphatic imine (C=N–C) groups is 1. The summed E-state index contributed by atoms with van der Waals surface area (Å²) < 4.78 is 5.38. The van der Waals surface area contributed by atoms with Crippen molar-refractivity contribution in [3.63, 3.8) is 0 Å². The summed E-state index contributed by atoms with van der Waals surface area (Å²) in [6.07, 6.45) is 2.52. The Balaban J connectivity index is 0.00000242. The van der Waals surface area contributed by atoms with E-state index in [1.54, 1.807) is 0 Å². The Morgan fingerprint density at radius 1 is 1.23 bits per heavy atom. The second-order valence-corrected chi connectivity index (χ2v) is 6.53. The molecule has 0 aromatic rings. The lowest BCUT2D eigenvalue weighted by atomic mass is 9.87. The number of halogens is 1. The van der Waals surface area contributed by atoms with Crippen LogP contribution in [0.15, 0.2) is 4.99 Å². The highest BCUT2D eigenvalue weighted by atomic mass is 127. The predicted molar refractivity (Wildman–Crippen MR) is 103 cm³/mol. The van der Waals surface area contributed by atoms with Gasteiger partial charge in [0, 0.05) is 39.3 Å². The Hall–Kier alpha value is -0.0800. The average molecular weight is 424 g/mol. The molecular formula is C16H33IN4O. The van der Waals surface area contributed by atoms with Crippen molar-refractivity contribution in [2.45, 2.75) is 33.6 Å².